The molecule has 3 rings (SSSR count). The first-order valence-corrected chi connectivity index (χ1v) is 12.4. The number of rotatable bonds is 7. The van der Waals surface area contributed by atoms with Crippen molar-refractivity contribution in [3.05, 3.63) is 24.0 Å². The summed E-state index contributed by atoms with van der Waals surface area (Å²) in [5.41, 5.74) is 0.875. The number of nitrogens with zero attached hydrogens (tertiary/aromatic N) is 2. The summed E-state index contributed by atoms with van der Waals surface area (Å²) in [7, 11) is 0.310. The summed E-state index contributed by atoms with van der Waals surface area (Å²) >= 11 is 0. The van der Waals surface area contributed by atoms with E-state index in [0.29, 0.717) is 30.4 Å². The van der Waals surface area contributed by atoms with Crippen LogP contribution in [0.1, 0.15) is 38.5 Å². The fourth-order valence-corrected chi connectivity index (χ4v) is 6.12. The second kappa shape index (κ2) is 9.96. The van der Waals surface area contributed by atoms with Gasteiger partial charge in [0.05, 0.1) is 23.8 Å². The number of urea groups is 1. The number of anilines is 2. The molecule has 1 aliphatic heterocycles. The lowest BCUT2D eigenvalue weighted by Gasteiger charge is -2.33. The number of methoxy groups -OCH3 is 1. The molecule has 1 aromatic rings. The molecule has 1 aromatic carbocycles. The maximum Gasteiger partial charge on any atom is 0.322 e. The van der Waals surface area contributed by atoms with Gasteiger partial charge in [-0.1, -0.05) is 19.3 Å². The number of hydrogen-bond donors (Lipinski definition) is 1. The van der Waals surface area contributed by atoms with Gasteiger partial charge in [-0.15, -0.1) is 0 Å². The van der Waals surface area contributed by atoms with Crippen LogP contribution in [0.5, 0.6) is 0 Å². The highest BCUT2D eigenvalue weighted by Crippen LogP contribution is 2.29. The molecule has 0 unspecified atom stereocenters. The number of amides is 2. The van der Waals surface area contributed by atoms with Crippen LogP contribution in [0.15, 0.2) is 18.2 Å². The van der Waals surface area contributed by atoms with Crippen LogP contribution in [0.25, 0.3) is 0 Å². The Labute approximate surface area is 178 Å². The second-order valence-electron chi connectivity index (χ2n) is 8.24. The van der Waals surface area contributed by atoms with E-state index in [0.717, 1.165) is 12.8 Å². The minimum absolute atomic E-state index is 0.0520. The van der Waals surface area contributed by atoms with E-state index >= 15 is 0 Å². The van der Waals surface area contributed by atoms with E-state index < -0.39 is 21.9 Å². The molecule has 1 saturated heterocycles. The number of halogens is 1. The fourth-order valence-electron chi connectivity index (χ4n) is 4.39. The zero-order valence-corrected chi connectivity index (χ0v) is 18.6. The lowest BCUT2D eigenvalue weighted by molar-refractivity contribution is 0.140. The number of carbonyl (C=O) groups excluding carboxylic acids is 1. The van der Waals surface area contributed by atoms with Gasteiger partial charge in [-0.3, -0.25) is 0 Å². The van der Waals surface area contributed by atoms with Crippen molar-refractivity contribution in [2.45, 2.75) is 50.6 Å². The average molecular weight is 442 g/mol. The molecule has 1 heterocycles. The minimum Gasteiger partial charge on any atom is -0.383 e. The maximum atomic E-state index is 14.8. The van der Waals surface area contributed by atoms with Gasteiger partial charge in [0.1, 0.15) is 5.82 Å². The van der Waals surface area contributed by atoms with Crippen molar-refractivity contribution in [1.82, 2.24) is 4.90 Å². The molecule has 30 heavy (non-hydrogen) atoms. The molecule has 1 atom stereocenters. The summed E-state index contributed by atoms with van der Waals surface area (Å²) in [6.07, 6.45) is 6.09. The lowest BCUT2D eigenvalue weighted by Crippen LogP contribution is -2.45. The van der Waals surface area contributed by atoms with Crippen molar-refractivity contribution in [2.75, 3.05) is 49.0 Å². The molecular formula is C21H32FN3O4S. The van der Waals surface area contributed by atoms with E-state index in [-0.39, 0.29) is 23.9 Å². The molecule has 2 aliphatic rings. The van der Waals surface area contributed by atoms with Crippen molar-refractivity contribution in [2.24, 2.45) is 0 Å². The van der Waals surface area contributed by atoms with Gasteiger partial charge in [0.2, 0.25) is 0 Å². The Balaban J connectivity index is 1.69. The Morgan fingerprint density at radius 1 is 1.20 bits per heavy atom. The third-order valence-corrected chi connectivity index (χ3v) is 7.90. The van der Waals surface area contributed by atoms with Crippen molar-refractivity contribution in [3.8, 4) is 0 Å². The van der Waals surface area contributed by atoms with Crippen molar-refractivity contribution in [3.63, 3.8) is 0 Å². The SMILES string of the molecule is COCCN(C(=O)Nc1ccc(N(C)C2CCCCC2)c(F)c1)[C@@H]1CCS(=O)(=O)C1. The Hall–Kier alpha value is -1.87. The summed E-state index contributed by atoms with van der Waals surface area (Å²) in [5.74, 6) is -0.359. The Bertz CT molecular complexity index is 843. The summed E-state index contributed by atoms with van der Waals surface area (Å²) in [5, 5.41) is 2.72. The van der Waals surface area contributed by atoms with E-state index in [1.54, 1.807) is 12.1 Å². The average Bonchev–Trinajstić information content (AvgIpc) is 3.08. The van der Waals surface area contributed by atoms with Crippen molar-refractivity contribution < 1.29 is 22.3 Å². The topological polar surface area (TPSA) is 79.0 Å². The quantitative estimate of drug-likeness (QED) is 0.703. The van der Waals surface area contributed by atoms with E-state index in [1.165, 1.54) is 37.3 Å². The highest BCUT2D eigenvalue weighted by atomic mass is 32.2. The van der Waals surface area contributed by atoms with Crippen molar-refractivity contribution >= 4 is 27.2 Å². The molecule has 0 bridgehead atoms. The van der Waals surface area contributed by atoms with Gasteiger partial charge in [-0.05, 0) is 37.5 Å². The molecule has 1 aliphatic carbocycles. The first-order chi connectivity index (χ1) is 14.3. The number of nitrogens with one attached hydrogen (secondary N) is 1. The van der Waals surface area contributed by atoms with Crippen LogP contribution in [-0.4, -0.2) is 70.2 Å². The number of ether oxygens (including phenoxy) is 1. The number of hydrogen-bond acceptors (Lipinski definition) is 5. The standard InChI is InChI=1S/C21H32FN3O4S/c1-24(17-6-4-3-5-7-17)20-9-8-16(14-19(20)22)23-21(26)25(11-12-29-2)18-10-13-30(27,28)15-18/h8-9,14,17-18H,3-7,10-13,15H2,1-2H3,(H,23,26)/t18-/m1/s1. The number of carbonyl (C=O) groups is 1. The van der Waals surface area contributed by atoms with Gasteiger partial charge in [-0.2, -0.15) is 0 Å². The predicted molar refractivity (Wildman–Crippen MR) is 116 cm³/mol. The molecule has 1 saturated carbocycles. The van der Waals surface area contributed by atoms with Crippen LogP contribution in [0, 0.1) is 5.82 Å². The first kappa shape index (κ1) is 22.8. The number of sulfone groups is 1. The molecule has 1 N–H and O–H groups in total. The first-order valence-electron chi connectivity index (χ1n) is 10.6. The van der Waals surface area contributed by atoms with E-state index in [9.17, 15) is 17.6 Å². The Kier molecular flexibility index (Phi) is 7.57. The molecule has 0 spiro atoms. The monoisotopic (exact) mass is 441 g/mol. The third kappa shape index (κ3) is 5.63. The van der Waals surface area contributed by atoms with Crippen molar-refractivity contribution in [1.29, 1.82) is 0 Å². The van der Waals surface area contributed by atoms with Crippen LogP contribution < -0.4 is 10.2 Å². The molecule has 2 fully saturated rings. The normalized spacial score (nSPS) is 21.4. The van der Waals surface area contributed by atoms with Gasteiger partial charge in [0.25, 0.3) is 0 Å². The van der Waals surface area contributed by atoms with Gasteiger partial charge in [0, 0.05) is 38.5 Å². The second-order valence-corrected chi connectivity index (χ2v) is 10.5. The zero-order valence-electron chi connectivity index (χ0n) is 17.8. The molecule has 0 aromatic heterocycles. The predicted octanol–water partition coefficient (Wildman–Crippen LogP) is 3.26. The minimum atomic E-state index is -3.13. The van der Waals surface area contributed by atoms with Crippen LogP contribution in [0.2, 0.25) is 0 Å². The van der Waals surface area contributed by atoms with E-state index in [4.69, 9.17) is 4.74 Å². The molecule has 9 heteroatoms. The highest BCUT2D eigenvalue weighted by Gasteiger charge is 2.34. The molecule has 7 nitrogen and oxygen atoms in total. The van der Waals surface area contributed by atoms with Crippen LogP contribution in [0.4, 0.5) is 20.6 Å². The highest BCUT2D eigenvalue weighted by molar-refractivity contribution is 7.91. The summed E-state index contributed by atoms with van der Waals surface area (Å²) in [6, 6.07) is 4.21. The maximum absolute atomic E-state index is 14.8. The Morgan fingerprint density at radius 3 is 2.53 bits per heavy atom. The molecule has 0 radical (unpaired) electrons. The van der Waals surface area contributed by atoms with Gasteiger partial charge in [0.15, 0.2) is 9.84 Å². The van der Waals surface area contributed by atoms with E-state index in [2.05, 4.69) is 5.32 Å². The largest absolute Gasteiger partial charge is 0.383 e. The molecular weight excluding hydrogens is 409 g/mol. The lowest BCUT2D eigenvalue weighted by atomic mass is 9.94. The summed E-state index contributed by atoms with van der Waals surface area (Å²) in [6.45, 7) is 0.566. The molecule has 168 valence electrons. The van der Waals surface area contributed by atoms with Crippen LogP contribution in [-0.2, 0) is 14.6 Å². The third-order valence-electron chi connectivity index (χ3n) is 6.15. The molecule has 2 amide bonds. The Morgan fingerprint density at radius 2 is 1.93 bits per heavy atom. The number of benzene rings is 1. The van der Waals surface area contributed by atoms with Gasteiger partial charge < -0.3 is 19.9 Å². The fraction of sp³-hybridized carbons (Fsp3) is 0.667. The zero-order chi connectivity index (χ0) is 21.7. The van der Waals surface area contributed by atoms with Crippen LogP contribution >= 0.6 is 0 Å². The summed E-state index contributed by atoms with van der Waals surface area (Å²) < 4.78 is 43.5. The van der Waals surface area contributed by atoms with Crippen LogP contribution in [0.3, 0.4) is 0 Å². The van der Waals surface area contributed by atoms with Gasteiger partial charge in [-0.25, -0.2) is 17.6 Å². The van der Waals surface area contributed by atoms with Gasteiger partial charge >= 0.3 is 6.03 Å². The van der Waals surface area contributed by atoms with E-state index in [1.807, 2.05) is 11.9 Å². The summed E-state index contributed by atoms with van der Waals surface area (Å²) in [4.78, 5) is 16.3. The smallest absolute Gasteiger partial charge is 0.322 e.